The molecule has 0 aliphatic heterocycles. The van der Waals surface area contributed by atoms with Crippen molar-refractivity contribution in [3.05, 3.63) is 22.5 Å². The molecule has 0 aliphatic carbocycles. The molecule has 0 saturated carbocycles. The highest BCUT2D eigenvalue weighted by Gasteiger charge is 2.19. The largest absolute Gasteiger partial charge is 0.461 e. The monoisotopic (exact) mass is 224 g/mol. The Morgan fingerprint density at radius 3 is 2.62 bits per heavy atom. The van der Waals surface area contributed by atoms with Crippen molar-refractivity contribution in [2.75, 3.05) is 6.61 Å². The highest BCUT2D eigenvalue weighted by molar-refractivity contribution is 6.03. The Bertz CT molecular complexity index is 433. The van der Waals surface area contributed by atoms with E-state index in [1.165, 1.54) is 0 Å². The topological polar surface area (TPSA) is 74.7 Å². The van der Waals surface area contributed by atoms with Gasteiger partial charge in [-0.2, -0.15) is 0 Å². The second-order valence-electron chi connectivity index (χ2n) is 3.53. The van der Waals surface area contributed by atoms with Crippen LogP contribution in [0.1, 0.15) is 41.2 Å². The second kappa shape index (κ2) is 4.83. The molecule has 5 heteroatoms. The molecule has 0 aliphatic rings. The Balaban J connectivity index is 3.21. The van der Waals surface area contributed by atoms with Crippen LogP contribution in [0.25, 0.3) is 0 Å². The average Bonchev–Trinajstić information content (AvgIpc) is 2.54. The first-order valence-electron chi connectivity index (χ1n) is 5.08. The molecule has 0 spiro atoms. The summed E-state index contributed by atoms with van der Waals surface area (Å²) in [5.74, 6) is -0.389. The molecule has 16 heavy (non-hydrogen) atoms. The Morgan fingerprint density at radius 2 is 2.12 bits per heavy atom. The van der Waals surface area contributed by atoms with Gasteiger partial charge in [-0.1, -0.05) is 5.16 Å². The SMILES string of the molecule is CCOC(=O)c1[nH]c(C)c(/C(C)=N\O)c1C. The minimum atomic E-state index is -0.389. The molecule has 0 radical (unpaired) electrons. The highest BCUT2D eigenvalue weighted by Crippen LogP contribution is 2.19. The van der Waals surface area contributed by atoms with Crippen LogP contribution in [0.15, 0.2) is 5.16 Å². The summed E-state index contributed by atoms with van der Waals surface area (Å²) in [6, 6.07) is 0. The minimum absolute atomic E-state index is 0.332. The van der Waals surface area contributed by atoms with Crippen LogP contribution in [0.2, 0.25) is 0 Å². The third kappa shape index (κ3) is 2.08. The molecule has 88 valence electrons. The number of carbonyl (C=O) groups is 1. The zero-order chi connectivity index (χ0) is 12.3. The van der Waals surface area contributed by atoms with E-state index in [1.54, 1.807) is 20.8 Å². The number of H-pyrrole nitrogens is 1. The Kier molecular flexibility index (Phi) is 3.71. The lowest BCUT2D eigenvalue weighted by Crippen LogP contribution is -2.07. The van der Waals surface area contributed by atoms with Crippen molar-refractivity contribution in [2.45, 2.75) is 27.7 Å². The summed E-state index contributed by atoms with van der Waals surface area (Å²) in [5, 5.41) is 11.9. The van der Waals surface area contributed by atoms with Crippen molar-refractivity contribution >= 4 is 11.7 Å². The lowest BCUT2D eigenvalue weighted by molar-refractivity contribution is 0.0519. The van der Waals surface area contributed by atoms with E-state index in [4.69, 9.17) is 9.94 Å². The van der Waals surface area contributed by atoms with Gasteiger partial charge in [0.1, 0.15) is 5.69 Å². The molecule has 2 N–H and O–H groups in total. The van der Waals surface area contributed by atoms with Crippen molar-refractivity contribution in [1.29, 1.82) is 0 Å². The molecule has 0 saturated heterocycles. The summed E-state index contributed by atoms with van der Waals surface area (Å²) in [5.41, 5.74) is 3.17. The normalized spacial score (nSPS) is 11.6. The summed E-state index contributed by atoms with van der Waals surface area (Å²) in [4.78, 5) is 14.5. The molecule has 0 fully saturated rings. The van der Waals surface area contributed by atoms with Crippen molar-refractivity contribution in [3.63, 3.8) is 0 Å². The van der Waals surface area contributed by atoms with E-state index in [0.29, 0.717) is 18.0 Å². The van der Waals surface area contributed by atoms with Gasteiger partial charge >= 0.3 is 5.97 Å². The fraction of sp³-hybridized carbons (Fsp3) is 0.455. The summed E-state index contributed by atoms with van der Waals surface area (Å²) < 4.78 is 4.92. The number of aryl methyl sites for hydroxylation is 1. The fourth-order valence-corrected chi connectivity index (χ4v) is 1.75. The fourth-order valence-electron chi connectivity index (χ4n) is 1.75. The van der Waals surface area contributed by atoms with Gasteiger partial charge in [0.05, 0.1) is 12.3 Å². The van der Waals surface area contributed by atoms with Crippen LogP contribution in [-0.4, -0.2) is 28.5 Å². The number of aromatic amines is 1. The van der Waals surface area contributed by atoms with E-state index in [0.717, 1.165) is 16.8 Å². The van der Waals surface area contributed by atoms with Crippen LogP contribution in [0.5, 0.6) is 0 Å². The highest BCUT2D eigenvalue weighted by atomic mass is 16.5. The third-order valence-corrected chi connectivity index (χ3v) is 2.43. The van der Waals surface area contributed by atoms with E-state index in [2.05, 4.69) is 10.1 Å². The van der Waals surface area contributed by atoms with Gasteiger partial charge in [-0.15, -0.1) is 0 Å². The first kappa shape index (κ1) is 12.3. The predicted molar refractivity (Wildman–Crippen MR) is 60.2 cm³/mol. The predicted octanol–water partition coefficient (Wildman–Crippen LogP) is 2.01. The summed E-state index contributed by atoms with van der Waals surface area (Å²) in [6.07, 6.45) is 0. The van der Waals surface area contributed by atoms with Gasteiger partial charge in [0.25, 0.3) is 0 Å². The van der Waals surface area contributed by atoms with Crippen LogP contribution < -0.4 is 0 Å². The lowest BCUT2D eigenvalue weighted by Gasteiger charge is -2.01. The van der Waals surface area contributed by atoms with E-state index < -0.39 is 0 Å². The van der Waals surface area contributed by atoms with Crippen molar-refractivity contribution < 1.29 is 14.7 Å². The van der Waals surface area contributed by atoms with Gasteiger partial charge in [-0.3, -0.25) is 0 Å². The standard InChI is InChI=1S/C11H16N2O3/c1-5-16-11(14)10-6(2)9(7(3)12-10)8(4)13-15/h12,15H,5H2,1-4H3/b13-8-. The smallest absolute Gasteiger partial charge is 0.355 e. The Hall–Kier alpha value is -1.78. The molecule has 5 nitrogen and oxygen atoms in total. The number of nitrogens with zero attached hydrogens (tertiary/aromatic N) is 1. The molecule has 0 amide bonds. The third-order valence-electron chi connectivity index (χ3n) is 2.43. The first-order chi connectivity index (χ1) is 7.52. The molecule has 1 aromatic heterocycles. The van der Waals surface area contributed by atoms with E-state index in [1.807, 2.05) is 6.92 Å². The number of esters is 1. The number of carbonyl (C=O) groups excluding carboxylic acids is 1. The molecule has 1 heterocycles. The number of hydrogen-bond acceptors (Lipinski definition) is 4. The zero-order valence-electron chi connectivity index (χ0n) is 9.92. The Labute approximate surface area is 94.1 Å². The van der Waals surface area contributed by atoms with Crippen LogP contribution in [-0.2, 0) is 4.74 Å². The van der Waals surface area contributed by atoms with E-state index >= 15 is 0 Å². The van der Waals surface area contributed by atoms with Crippen LogP contribution in [0.3, 0.4) is 0 Å². The van der Waals surface area contributed by atoms with Crippen molar-refractivity contribution in [3.8, 4) is 0 Å². The van der Waals surface area contributed by atoms with Gasteiger partial charge < -0.3 is 14.9 Å². The number of rotatable bonds is 3. The number of ether oxygens (including phenoxy) is 1. The van der Waals surface area contributed by atoms with Gasteiger partial charge in [-0.05, 0) is 33.3 Å². The second-order valence-corrected chi connectivity index (χ2v) is 3.53. The van der Waals surface area contributed by atoms with Gasteiger partial charge in [-0.25, -0.2) is 4.79 Å². The summed E-state index contributed by atoms with van der Waals surface area (Å²) in [6.45, 7) is 7.38. The van der Waals surface area contributed by atoms with E-state index in [9.17, 15) is 4.79 Å². The van der Waals surface area contributed by atoms with Crippen molar-refractivity contribution in [2.24, 2.45) is 5.16 Å². The minimum Gasteiger partial charge on any atom is -0.461 e. The van der Waals surface area contributed by atoms with Gasteiger partial charge in [0, 0.05) is 11.3 Å². The molecule has 0 atom stereocenters. The molecule has 1 rings (SSSR count). The van der Waals surface area contributed by atoms with Crippen LogP contribution in [0, 0.1) is 13.8 Å². The lowest BCUT2D eigenvalue weighted by atomic mass is 10.1. The maximum Gasteiger partial charge on any atom is 0.355 e. The van der Waals surface area contributed by atoms with Gasteiger partial charge in [0.2, 0.25) is 0 Å². The molecule has 0 aromatic carbocycles. The maximum absolute atomic E-state index is 11.6. The molecule has 1 aromatic rings. The number of aromatic nitrogens is 1. The van der Waals surface area contributed by atoms with Crippen molar-refractivity contribution in [1.82, 2.24) is 4.98 Å². The van der Waals surface area contributed by atoms with Crippen LogP contribution >= 0.6 is 0 Å². The van der Waals surface area contributed by atoms with Gasteiger partial charge in [0.15, 0.2) is 0 Å². The molecule has 0 bridgehead atoms. The Morgan fingerprint density at radius 1 is 1.50 bits per heavy atom. The quantitative estimate of drug-likeness (QED) is 0.357. The molecular formula is C11H16N2O3. The van der Waals surface area contributed by atoms with E-state index in [-0.39, 0.29) is 5.97 Å². The number of hydrogen-bond donors (Lipinski definition) is 2. The summed E-state index contributed by atoms with van der Waals surface area (Å²) >= 11 is 0. The number of nitrogens with one attached hydrogen (secondary N) is 1. The molecular weight excluding hydrogens is 208 g/mol. The first-order valence-corrected chi connectivity index (χ1v) is 5.08. The zero-order valence-corrected chi connectivity index (χ0v) is 9.92. The average molecular weight is 224 g/mol. The van der Waals surface area contributed by atoms with Crippen LogP contribution in [0.4, 0.5) is 0 Å². The number of oxime groups is 1. The maximum atomic E-state index is 11.6. The summed E-state index contributed by atoms with van der Waals surface area (Å²) in [7, 11) is 0. The molecule has 0 unspecified atom stereocenters.